The number of amidine groups is 1. The lowest BCUT2D eigenvalue weighted by Gasteiger charge is -2.23. The summed E-state index contributed by atoms with van der Waals surface area (Å²) >= 11 is 0. The molecule has 3 aromatic carbocycles. The Kier molecular flexibility index (Phi) is 8.70. The van der Waals surface area contributed by atoms with Gasteiger partial charge in [-0.1, -0.05) is 48.5 Å². The largest absolute Gasteiger partial charge is 0.478 e. The molecule has 4 N–H and O–H groups in total. The topological polar surface area (TPSA) is 120 Å². The molecular weight excluding hydrogens is 497 g/mol. The van der Waals surface area contributed by atoms with Crippen molar-refractivity contribution in [1.29, 1.82) is 5.41 Å². The van der Waals surface area contributed by atoms with Gasteiger partial charge in [0.25, 0.3) is 5.91 Å². The van der Waals surface area contributed by atoms with Gasteiger partial charge in [0.2, 0.25) is 0 Å². The van der Waals surface area contributed by atoms with Gasteiger partial charge in [-0.15, -0.1) is 0 Å². The van der Waals surface area contributed by atoms with E-state index in [1.807, 2.05) is 68.4 Å². The number of aromatic nitrogens is 2. The summed E-state index contributed by atoms with van der Waals surface area (Å²) in [6, 6.07) is 21.4. The molecular formula is C30H32FN5O3. The third kappa shape index (κ3) is 6.31. The minimum Gasteiger partial charge on any atom is -0.478 e. The number of alkyl halides is 1. The highest BCUT2D eigenvalue weighted by atomic mass is 19.1. The highest BCUT2D eigenvalue weighted by Gasteiger charge is 2.26. The molecule has 0 fully saturated rings. The minimum atomic E-state index is -1.20. The number of imidazole rings is 1. The van der Waals surface area contributed by atoms with Crippen molar-refractivity contribution >= 4 is 28.7 Å². The number of aromatic carboxylic acids is 1. The molecule has 0 bridgehead atoms. The summed E-state index contributed by atoms with van der Waals surface area (Å²) in [6.07, 6.45) is 0.964. The molecule has 9 heteroatoms. The average Bonchev–Trinajstić information content (AvgIpc) is 3.34. The molecule has 8 nitrogen and oxygen atoms in total. The van der Waals surface area contributed by atoms with Gasteiger partial charge in [-0.3, -0.25) is 10.2 Å². The van der Waals surface area contributed by atoms with Crippen molar-refractivity contribution in [3.8, 4) is 11.1 Å². The zero-order valence-electron chi connectivity index (χ0n) is 21.9. The molecule has 1 atom stereocenters. The maximum atomic E-state index is 13.6. The van der Waals surface area contributed by atoms with Crippen LogP contribution in [-0.4, -0.2) is 45.6 Å². The second-order valence-corrected chi connectivity index (χ2v) is 9.56. The number of carbonyl (C=O) groups excluding carboxylic acids is 1. The Morgan fingerprint density at radius 1 is 1.00 bits per heavy atom. The van der Waals surface area contributed by atoms with Gasteiger partial charge >= 0.3 is 5.97 Å². The molecule has 4 rings (SSSR count). The van der Waals surface area contributed by atoms with Crippen LogP contribution in [0.4, 0.5) is 4.39 Å². The van der Waals surface area contributed by atoms with E-state index < -0.39 is 24.6 Å². The Balaban J connectivity index is 1.68. The third-order valence-electron chi connectivity index (χ3n) is 6.50. The summed E-state index contributed by atoms with van der Waals surface area (Å²) in [4.78, 5) is 30.6. The zero-order valence-corrected chi connectivity index (χ0v) is 21.9. The fourth-order valence-electron chi connectivity index (χ4n) is 4.68. The number of benzene rings is 3. The molecule has 0 radical (unpaired) electrons. The number of fused-ring (bicyclic) bond motifs is 1. The van der Waals surface area contributed by atoms with Crippen molar-refractivity contribution in [2.45, 2.75) is 38.8 Å². The first-order valence-corrected chi connectivity index (χ1v) is 12.9. The van der Waals surface area contributed by atoms with Gasteiger partial charge in [0.15, 0.2) is 0 Å². The predicted molar refractivity (Wildman–Crippen MR) is 150 cm³/mol. The number of para-hydroxylation sites is 2. The van der Waals surface area contributed by atoms with E-state index in [0.29, 0.717) is 30.8 Å². The van der Waals surface area contributed by atoms with Gasteiger partial charge in [-0.2, -0.15) is 0 Å². The van der Waals surface area contributed by atoms with Gasteiger partial charge in [0.05, 0.1) is 28.2 Å². The molecule has 0 aliphatic heterocycles. The van der Waals surface area contributed by atoms with Crippen molar-refractivity contribution in [1.82, 2.24) is 20.2 Å². The minimum absolute atomic E-state index is 0.0457. The van der Waals surface area contributed by atoms with E-state index in [1.165, 1.54) is 12.1 Å². The molecule has 202 valence electrons. The van der Waals surface area contributed by atoms with Crippen molar-refractivity contribution < 1.29 is 19.1 Å². The SMILES string of the molecule is CC(C)n1c([C@H](CCCNC(=N)CF)NC(=O)c2ccc(-c3ccccc3)cc2C(=O)O)nc2ccccc21. The van der Waals surface area contributed by atoms with Gasteiger partial charge in [-0.25, -0.2) is 14.2 Å². The maximum absolute atomic E-state index is 13.6. The Labute approximate surface area is 226 Å². The summed E-state index contributed by atoms with van der Waals surface area (Å²) in [6.45, 7) is 3.54. The monoisotopic (exact) mass is 529 g/mol. The molecule has 0 spiro atoms. The number of halogens is 1. The first kappa shape index (κ1) is 27.5. The van der Waals surface area contributed by atoms with Crippen molar-refractivity contribution in [3.63, 3.8) is 0 Å². The van der Waals surface area contributed by atoms with E-state index in [2.05, 4.69) is 15.2 Å². The molecule has 1 amide bonds. The molecule has 0 saturated heterocycles. The Bertz CT molecular complexity index is 1480. The van der Waals surface area contributed by atoms with Crippen LogP contribution in [0.25, 0.3) is 22.2 Å². The van der Waals surface area contributed by atoms with Gasteiger partial charge in [0.1, 0.15) is 18.3 Å². The van der Waals surface area contributed by atoms with Crippen molar-refractivity contribution in [3.05, 3.63) is 89.7 Å². The molecule has 0 aliphatic carbocycles. The number of hydrogen-bond acceptors (Lipinski definition) is 4. The van der Waals surface area contributed by atoms with E-state index >= 15 is 0 Å². The number of carbonyl (C=O) groups is 2. The van der Waals surface area contributed by atoms with Crippen molar-refractivity contribution in [2.75, 3.05) is 13.2 Å². The average molecular weight is 530 g/mol. The molecule has 0 unspecified atom stereocenters. The van der Waals surface area contributed by atoms with E-state index in [0.717, 1.165) is 16.6 Å². The summed E-state index contributed by atoms with van der Waals surface area (Å²) in [5, 5.41) is 23.2. The number of hydrogen-bond donors (Lipinski definition) is 4. The maximum Gasteiger partial charge on any atom is 0.336 e. The molecule has 1 aromatic heterocycles. The first-order chi connectivity index (χ1) is 18.8. The fourth-order valence-corrected chi connectivity index (χ4v) is 4.68. The van der Waals surface area contributed by atoms with E-state index in [-0.39, 0.29) is 23.0 Å². The quantitative estimate of drug-likeness (QED) is 0.112. The number of nitrogens with one attached hydrogen (secondary N) is 3. The lowest BCUT2D eigenvalue weighted by molar-refractivity contribution is 0.0690. The van der Waals surface area contributed by atoms with Gasteiger partial charge < -0.3 is 20.3 Å². The van der Waals surface area contributed by atoms with E-state index in [1.54, 1.807) is 6.07 Å². The van der Waals surface area contributed by atoms with Crippen LogP contribution in [0.2, 0.25) is 0 Å². The lowest BCUT2D eigenvalue weighted by Crippen LogP contribution is -2.33. The summed E-state index contributed by atoms with van der Waals surface area (Å²) in [5.41, 5.74) is 3.22. The van der Waals surface area contributed by atoms with E-state index in [9.17, 15) is 19.1 Å². The number of nitrogens with zero attached hydrogens (tertiary/aromatic N) is 2. The van der Waals surface area contributed by atoms with E-state index in [4.69, 9.17) is 10.4 Å². The van der Waals surface area contributed by atoms with Crippen LogP contribution in [-0.2, 0) is 0 Å². The summed E-state index contributed by atoms with van der Waals surface area (Å²) < 4.78 is 14.8. The zero-order chi connectivity index (χ0) is 27.9. The van der Waals surface area contributed by atoms with Crippen LogP contribution >= 0.6 is 0 Å². The second kappa shape index (κ2) is 12.3. The Hall–Kier alpha value is -4.53. The van der Waals surface area contributed by atoms with Crippen LogP contribution in [0, 0.1) is 5.41 Å². The van der Waals surface area contributed by atoms with Crippen LogP contribution in [0.15, 0.2) is 72.8 Å². The molecule has 39 heavy (non-hydrogen) atoms. The Morgan fingerprint density at radius 2 is 1.72 bits per heavy atom. The molecule has 0 saturated carbocycles. The van der Waals surface area contributed by atoms with Gasteiger partial charge in [0, 0.05) is 12.6 Å². The van der Waals surface area contributed by atoms with Crippen LogP contribution < -0.4 is 10.6 Å². The molecule has 1 heterocycles. The Morgan fingerprint density at radius 3 is 2.41 bits per heavy atom. The smallest absolute Gasteiger partial charge is 0.336 e. The third-order valence-corrected chi connectivity index (χ3v) is 6.50. The normalized spacial score (nSPS) is 11.9. The van der Waals surface area contributed by atoms with Crippen LogP contribution in [0.5, 0.6) is 0 Å². The number of amides is 1. The van der Waals surface area contributed by atoms with Crippen molar-refractivity contribution in [2.24, 2.45) is 0 Å². The summed E-state index contributed by atoms with van der Waals surface area (Å²) in [7, 11) is 0. The molecule has 4 aromatic rings. The van der Waals surface area contributed by atoms with Crippen LogP contribution in [0.3, 0.4) is 0 Å². The molecule has 0 aliphatic rings. The predicted octanol–water partition coefficient (Wildman–Crippen LogP) is 5.77. The standard InChI is InChI=1S/C30H32FN5O3/c1-19(2)36-26-13-7-6-11-24(26)34-28(36)25(12-8-16-33-27(32)18-31)35-29(37)22-15-14-21(17-23(22)30(38)39)20-9-4-3-5-10-20/h3-7,9-11,13-15,17,19,25H,8,12,16,18H2,1-2H3,(H2,32,33)(H,35,37)(H,38,39)/t25-/m0/s1. The fraction of sp³-hybridized carbons (Fsp3) is 0.267. The highest BCUT2D eigenvalue weighted by molar-refractivity contribution is 6.05. The number of carboxylic acids is 1. The lowest BCUT2D eigenvalue weighted by atomic mass is 9.98. The van der Waals surface area contributed by atoms with Gasteiger partial charge in [-0.05, 0) is 62.1 Å². The number of carboxylic acid groups (broad SMARTS) is 1. The second-order valence-electron chi connectivity index (χ2n) is 9.56. The highest BCUT2D eigenvalue weighted by Crippen LogP contribution is 2.28. The number of rotatable bonds is 11. The van der Waals surface area contributed by atoms with Crippen LogP contribution in [0.1, 0.15) is 65.3 Å². The summed E-state index contributed by atoms with van der Waals surface area (Å²) in [5.74, 6) is -1.27. The first-order valence-electron chi connectivity index (χ1n) is 12.9.